The second kappa shape index (κ2) is 8.20. The van der Waals surface area contributed by atoms with E-state index in [2.05, 4.69) is 17.1 Å². The molecule has 4 nitrogen and oxygen atoms in total. The van der Waals surface area contributed by atoms with Gasteiger partial charge in [-0.2, -0.15) is 0 Å². The number of ether oxygens (including phenoxy) is 1. The molecular weight excluding hydrogens is 240 g/mol. The van der Waals surface area contributed by atoms with E-state index in [1.807, 2.05) is 0 Å². The molecule has 4 heteroatoms. The molecule has 0 aromatic carbocycles. The van der Waals surface area contributed by atoms with E-state index in [0.717, 1.165) is 39.3 Å². The van der Waals surface area contributed by atoms with Crippen molar-refractivity contribution in [3.05, 3.63) is 0 Å². The third-order valence-corrected chi connectivity index (χ3v) is 4.64. The Morgan fingerprint density at radius 2 is 2.05 bits per heavy atom. The Kier molecular flexibility index (Phi) is 6.57. The highest BCUT2D eigenvalue weighted by molar-refractivity contribution is 4.85. The molecule has 1 heterocycles. The number of hydrogen-bond donors (Lipinski definition) is 2. The van der Waals surface area contributed by atoms with Crippen LogP contribution in [-0.2, 0) is 4.74 Å². The van der Waals surface area contributed by atoms with Crippen molar-refractivity contribution >= 4 is 0 Å². The van der Waals surface area contributed by atoms with E-state index in [0.29, 0.717) is 18.0 Å². The molecule has 0 radical (unpaired) electrons. The molecule has 2 rings (SSSR count). The van der Waals surface area contributed by atoms with Gasteiger partial charge in [-0.25, -0.2) is 0 Å². The summed E-state index contributed by atoms with van der Waals surface area (Å²) in [6, 6.07) is 1.28. The van der Waals surface area contributed by atoms with Crippen molar-refractivity contribution in [3.8, 4) is 0 Å². The standard InChI is InChI=1S/C15H30N2O2/c1-2-16-15-7-10-19-12-13(15)11-17(8-9-18)14-5-3-4-6-14/h13-16,18H,2-12H2,1H3. The van der Waals surface area contributed by atoms with Crippen LogP contribution in [0.2, 0.25) is 0 Å². The quantitative estimate of drug-likeness (QED) is 0.730. The third kappa shape index (κ3) is 4.42. The summed E-state index contributed by atoms with van der Waals surface area (Å²) in [7, 11) is 0. The highest BCUT2D eigenvalue weighted by Crippen LogP contribution is 2.25. The number of rotatable bonds is 7. The minimum Gasteiger partial charge on any atom is -0.395 e. The summed E-state index contributed by atoms with van der Waals surface area (Å²) in [5.74, 6) is 0.570. The van der Waals surface area contributed by atoms with Crippen molar-refractivity contribution in [1.29, 1.82) is 0 Å². The molecule has 2 N–H and O–H groups in total. The van der Waals surface area contributed by atoms with Gasteiger partial charge in [0.05, 0.1) is 13.2 Å². The molecule has 2 fully saturated rings. The van der Waals surface area contributed by atoms with Gasteiger partial charge in [-0.3, -0.25) is 4.90 Å². The zero-order chi connectivity index (χ0) is 13.5. The van der Waals surface area contributed by atoms with Gasteiger partial charge in [0.15, 0.2) is 0 Å². The number of aliphatic hydroxyl groups is 1. The SMILES string of the molecule is CCNC1CCOCC1CN(CCO)C1CCCC1. The highest BCUT2D eigenvalue weighted by Gasteiger charge is 2.30. The van der Waals surface area contributed by atoms with Crippen LogP contribution < -0.4 is 5.32 Å². The van der Waals surface area contributed by atoms with Crippen LogP contribution >= 0.6 is 0 Å². The van der Waals surface area contributed by atoms with Crippen LogP contribution in [0.3, 0.4) is 0 Å². The molecule has 1 saturated carbocycles. The van der Waals surface area contributed by atoms with Gasteiger partial charge in [0.1, 0.15) is 0 Å². The molecule has 2 atom stereocenters. The highest BCUT2D eigenvalue weighted by atomic mass is 16.5. The van der Waals surface area contributed by atoms with Crippen molar-refractivity contribution in [2.75, 3.05) is 39.5 Å². The Morgan fingerprint density at radius 3 is 2.74 bits per heavy atom. The van der Waals surface area contributed by atoms with E-state index in [4.69, 9.17) is 4.74 Å². The van der Waals surface area contributed by atoms with Gasteiger partial charge >= 0.3 is 0 Å². The first-order valence-corrected chi connectivity index (χ1v) is 8.01. The topological polar surface area (TPSA) is 44.7 Å². The molecule has 0 amide bonds. The molecule has 112 valence electrons. The van der Waals surface area contributed by atoms with Crippen LogP contribution in [0.5, 0.6) is 0 Å². The Hall–Kier alpha value is -0.160. The van der Waals surface area contributed by atoms with Crippen molar-refractivity contribution < 1.29 is 9.84 Å². The Balaban J connectivity index is 1.89. The largest absolute Gasteiger partial charge is 0.395 e. The molecule has 2 aliphatic rings. The summed E-state index contributed by atoms with van der Waals surface area (Å²) in [6.45, 7) is 7.13. The lowest BCUT2D eigenvalue weighted by Crippen LogP contribution is -2.50. The lowest BCUT2D eigenvalue weighted by Gasteiger charge is -2.38. The lowest BCUT2D eigenvalue weighted by atomic mass is 9.94. The Bertz CT molecular complexity index is 242. The average Bonchev–Trinajstić information content (AvgIpc) is 2.94. The minimum absolute atomic E-state index is 0.274. The summed E-state index contributed by atoms with van der Waals surface area (Å²) in [6.07, 6.45) is 6.43. The zero-order valence-corrected chi connectivity index (χ0v) is 12.3. The normalized spacial score (nSPS) is 29.2. The van der Waals surface area contributed by atoms with Crippen LogP contribution in [0.4, 0.5) is 0 Å². The van der Waals surface area contributed by atoms with Crippen molar-refractivity contribution in [3.63, 3.8) is 0 Å². The van der Waals surface area contributed by atoms with Gasteiger partial charge in [0, 0.05) is 37.7 Å². The molecule has 1 aliphatic heterocycles. The van der Waals surface area contributed by atoms with E-state index in [1.165, 1.54) is 25.7 Å². The lowest BCUT2D eigenvalue weighted by molar-refractivity contribution is 0.00773. The maximum absolute atomic E-state index is 9.31. The van der Waals surface area contributed by atoms with Gasteiger partial charge in [-0.1, -0.05) is 19.8 Å². The smallest absolute Gasteiger partial charge is 0.0558 e. The van der Waals surface area contributed by atoms with Crippen molar-refractivity contribution in [2.24, 2.45) is 5.92 Å². The summed E-state index contributed by atoms with van der Waals surface area (Å²) < 4.78 is 5.67. The van der Waals surface area contributed by atoms with E-state index < -0.39 is 0 Å². The van der Waals surface area contributed by atoms with Crippen molar-refractivity contribution in [1.82, 2.24) is 10.2 Å². The number of aliphatic hydroxyl groups excluding tert-OH is 1. The monoisotopic (exact) mass is 270 g/mol. The van der Waals surface area contributed by atoms with E-state index >= 15 is 0 Å². The third-order valence-electron chi connectivity index (χ3n) is 4.64. The Morgan fingerprint density at radius 1 is 1.26 bits per heavy atom. The molecule has 0 bridgehead atoms. The van der Waals surface area contributed by atoms with E-state index in [1.54, 1.807) is 0 Å². The average molecular weight is 270 g/mol. The maximum atomic E-state index is 9.31. The fourth-order valence-corrected chi connectivity index (χ4v) is 3.63. The molecule has 2 unspecified atom stereocenters. The zero-order valence-electron chi connectivity index (χ0n) is 12.3. The number of nitrogens with zero attached hydrogens (tertiary/aromatic N) is 1. The predicted molar refractivity (Wildman–Crippen MR) is 77.3 cm³/mol. The fourth-order valence-electron chi connectivity index (χ4n) is 3.63. The number of hydrogen-bond acceptors (Lipinski definition) is 4. The molecular formula is C15H30N2O2. The summed E-state index contributed by atoms with van der Waals surface area (Å²) in [5, 5.41) is 12.9. The minimum atomic E-state index is 0.274. The van der Waals surface area contributed by atoms with Gasteiger partial charge in [-0.15, -0.1) is 0 Å². The van der Waals surface area contributed by atoms with E-state index in [-0.39, 0.29) is 6.61 Å². The van der Waals surface area contributed by atoms with Crippen molar-refractivity contribution in [2.45, 2.75) is 51.1 Å². The molecule has 0 aromatic rings. The van der Waals surface area contributed by atoms with Gasteiger partial charge < -0.3 is 15.2 Å². The molecule has 0 aromatic heterocycles. The summed E-state index contributed by atoms with van der Waals surface area (Å²) in [5.41, 5.74) is 0. The first-order valence-electron chi connectivity index (χ1n) is 8.01. The second-order valence-electron chi connectivity index (χ2n) is 5.94. The summed E-state index contributed by atoms with van der Waals surface area (Å²) >= 11 is 0. The molecule has 0 spiro atoms. The summed E-state index contributed by atoms with van der Waals surface area (Å²) in [4.78, 5) is 2.51. The van der Waals surface area contributed by atoms with E-state index in [9.17, 15) is 5.11 Å². The first-order chi connectivity index (χ1) is 9.35. The molecule has 1 saturated heterocycles. The maximum Gasteiger partial charge on any atom is 0.0558 e. The van der Waals surface area contributed by atoms with Crippen LogP contribution in [0.15, 0.2) is 0 Å². The van der Waals surface area contributed by atoms with Gasteiger partial charge in [-0.05, 0) is 25.8 Å². The van der Waals surface area contributed by atoms with Gasteiger partial charge in [0.25, 0.3) is 0 Å². The predicted octanol–water partition coefficient (Wildman–Crippen LogP) is 1.24. The number of nitrogens with one attached hydrogen (secondary N) is 1. The molecule has 19 heavy (non-hydrogen) atoms. The van der Waals surface area contributed by atoms with Crippen LogP contribution in [0, 0.1) is 5.92 Å². The first kappa shape index (κ1) is 15.2. The van der Waals surface area contributed by atoms with Crippen LogP contribution in [-0.4, -0.2) is 61.5 Å². The fraction of sp³-hybridized carbons (Fsp3) is 1.00. The van der Waals surface area contributed by atoms with Crippen LogP contribution in [0.1, 0.15) is 39.0 Å². The second-order valence-corrected chi connectivity index (χ2v) is 5.94. The molecule has 1 aliphatic carbocycles. The van der Waals surface area contributed by atoms with Crippen LogP contribution in [0.25, 0.3) is 0 Å². The Labute approximate surface area is 117 Å². The van der Waals surface area contributed by atoms with Gasteiger partial charge in [0.2, 0.25) is 0 Å².